The van der Waals surface area contributed by atoms with Gasteiger partial charge in [0.25, 0.3) is 0 Å². The highest BCUT2D eigenvalue weighted by molar-refractivity contribution is 8.14. The van der Waals surface area contributed by atoms with Crippen LogP contribution in [0.2, 0.25) is 0 Å². The van der Waals surface area contributed by atoms with E-state index in [0.717, 1.165) is 11.3 Å². The number of rotatable bonds is 3. The molecule has 0 N–H and O–H groups in total. The third-order valence-corrected chi connectivity index (χ3v) is 5.48. The van der Waals surface area contributed by atoms with Crippen molar-refractivity contribution in [1.82, 2.24) is 4.98 Å². The van der Waals surface area contributed by atoms with Gasteiger partial charge in [0.15, 0.2) is 0 Å². The van der Waals surface area contributed by atoms with E-state index in [1.54, 1.807) is 18.3 Å². The van der Waals surface area contributed by atoms with Gasteiger partial charge in [-0.05, 0) is 12.1 Å². The largest absolute Gasteiger partial charge is 0.311 e. The molecule has 0 saturated carbocycles. The summed E-state index contributed by atoms with van der Waals surface area (Å²) < 4.78 is 22.8. The molecule has 1 aromatic carbocycles. The van der Waals surface area contributed by atoms with Crippen LogP contribution in [0.5, 0.6) is 0 Å². The van der Waals surface area contributed by atoms with Gasteiger partial charge < -0.3 is 4.90 Å². The molecule has 114 valence electrons. The lowest BCUT2D eigenvalue weighted by Crippen LogP contribution is -2.26. The van der Waals surface area contributed by atoms with Crippen molar-refractivity contribution in [2.75, 3.05) is 11.4 Å². The van der Waals surface area contributed by atoms with Gasteiger partial charge >= 0.3 is 0 Å². The summed E-state index contributed by atoms with van der Waals surface area (Å²) in [6, 6.07) is 13.0. The minimum atomic E-state index is -3.74. The van der Waals surface area contributed by atoms with E-state index in [2.05, 4.69) is 4.98 Å². The molecule has 7 heteroatoms. The summed E-state index contributed by atoms with van der Waals surface area (Å²) in [5.41, 5.74) is 2.28. The maximum Gasteiger partial charge on any atom is 0.237 e. The average Bonchev–Trinajstić information content (AvgIpc) is 2.90. The zero-order chi connectivity index (χ0) is 15.7. The second-order valence-corrected chi connectivity index (χ2v) is 7.98. The molecule has 1 aliphatic heterocycles. The second kappa shape index (κ2) is 5.70. The van der Waals surface area contributed by atoms with Crippen LogP contribution >= 0.6 is 10.7 Å². The standard InChI is InChI=1S/C15H13ClN2O3S/c16-22(20,21)13-9-15(19)18(10-13)12-6-7-17-14(8-12)11-4-2-1-3-5-11/h1-8,13H,9-10H2. The molecule has 0 spiro atoms. The quantitative estimate of drug-likeness (QED) is 0.807. The van der Waals surface area contributed by atoms with Gasteiger partial charge in [-0.2, -0.15) is 0 Å². The van der Waals surface area contributed by atoms with Crippen molar-refractivity contribution in [2.24, 2.45) is 0 Å². The first-order valence-electron chi connectivity index (χ1n) is 6.70. The zero-order valence-corrected chi connectivity index (χ0v) is 13.1. The lowest BCUT2D eigenvalue weighted by atomic mass is 10.1. The van der Waals surface area contributed by atoms with Crippen LogP contribution in [0.25, 0.3) is 11.3 Å². The Labute approximate surface area is 133 Å². The molecule has 2 heterocycles. The van der Waals surface area contributed by atoms with Crippen LogP contribution in [0, 0.1) is 0 Å². The van der Waals surface area contributed by atoms with Gasteiger partial charge in [0, 0.05) is 41.1 Å². The minimum Gasteiger partial charge on any atom is -0.311 e. The molecule has 2 aromatic rings. The molecule has 3 rings (SSSR count). The normalized spacial score (nSPS) is 18.7. The first kappa shape index (κ1) is 15.0. The van der Waals surface area contributed by atoms with E-state index < -0.39 is 14.3 Å². The summed E-state index contributed by atoms with van der Waals surface area (Å²) in [5, 5.41) is -0.866. The molecule has 1 atom stereocenters. The van der Waals surface area contributed by atoms with Crippen LogP contribution in [0.15, 0.2) is 48.7 Å². The predicted molar refractivity (Wildman–Crippen MR) is 85.2 cm³/mol. The monoisotopic (exact) mass is 336 g/mol. The number of carbonyl (C=O) groups is 1. The summed E-state index contributed by atoms with van der Waals surface area (Å²) in [7, 11) is 1.62. The van der Waals surface area contributed by atoms with E-state index in [1.165, 1.54) is 4.90 Å². The molecule has 22 heavy (non-hydrogen) atoms. The summed E-state index contributed by atoms with van der Waals surface area (Å²) in [6.45, 7) is 0.0723. The lowest BCUT2D eigenvalue weighted by Gasteiger charge is -2.16. The Hall–Kier alpha value is -1.92. The fourth-order valence-corrected chi connectivity index (χ4v) is 3.49. The first-order valence-corrected chi connectivity index (χ1v) is 9.08. The number of hydrogen-bond donors (Lipinski definition) is 0. The van der Waals surface area contributed by atoms with Gasteiger partial charge in [-0.15, -0.1) is 0 Å². The highest BCUT2D eigenvalue weighted by Gasteiger charge is 2.38. The van der Waals surface area contributed by atoms with Crippen LogP contribution in [0.3, 0.4) is 0 Å². The molecule has 1 aliphatic rings. The van der Waals surface area contributed by atoms with E-state index in [0.29, 0.717) is 5.69 Å². The summed E-state index contributed by atoms with van der Waals surface area (Å²) in [5.74, 6) is -0.251. The molecular weight excluding hydrogens is 324 g/mol. The average molecular weight is 337 g/mol. The number of nitrogens with zero attached hydrogens (tertiary/aromatic N) is 2. The van der Waals surface area contributed by atoms with Crippen molar-refractivity contribution in [2.45, 2.75) is 11.7 Å². The van der Waals surface area contributed by atoms with Gasteiger partial charge in [-0.3, -0.25) is 9.78 Å². The Morgan fingerprint density at radius 1 is 1.18 bits per heavy atom. The number of pyridine rings is 1. The van der Waals surface area contributed by atoms with Crippen LogP contribution in [0.4, 0.5) is 5.69 Å². The molecule has 1 unspecified atom stereocenters. The molecule has 1 amide bonds. The maximum absolute atomic E-state index is 12.1. The Balaban J connectivity index is 1.92. The van der Waals surface area contributed by atoms with Gasteiger partial charge in [0.2, 0.25) is 15.0 Å². The number of anilines is 1. The smallest absolute Gasteiger partial charge is 0.237 e. The summed E-state index contributed by atoms with van der Waals surface area (Å²) in [6.07, 6.45) is 1.52. The van der Waals surface area contributed by atoms with E-state index in [1.807, 2.05) is 30.3 Å². The van der Waals surface area contributed by atoms with E-state index in [9.17, 15) is 13.2 Å². The number of carbonyl (C=O) groups excluding carboxylic acids is 1. The maximum atomic E-state index is 12.1. The van der Waals surface area contributed by atoms with E-state index >= 15 is 0 Å². The summed E-state index contributed by atoms with van der Waals surface area (Å²) in [4.78, 5) is 17.8. The highest BCUT2D eigenvalue weighted by Crippen LogP contribution is 2.28. The van der Waals surface area contributed by atoms with Crippen LogP contribution in [-0.4, -0.2) is 31.1 Å². The number of halogens is 1. The number of benzene rings is 1. The van der Waals surface area contributed by atoms with Crippen molar-refractivity contribution in [3.63, 3.8) is 0 Å². The van der Waals surface area contributed by atoms with Crippen molar-refractivity contribution in [1.29, 1.82) is 0 Å². The molecule has 0 radical (unpaired) electrons. The van der Waals surface area contributed by atoms with E-state index in [4.69, 9.17) is 10.7 Å². The Kier molecular flexibility index (Phi) is 3.88. The topological polar surface area (TPSA) is 67.3 Å². The SMILES string of the molecule is O=C1CC(S(=O)(=O)Cl)CN1c1ccnc(-c2ccccc2)c1. The van der Waals surface area contributed by atoms with Gasteiger partial charge in [-0.1, -0.05) is 30.3 Å². The highest BCUT2D eigenvalue weighted by atomic mass is 35.7. The number of hydrogen-bond acceptors (Lipinski definition) is 4. The van der Waals surface area contributed by atoms with Gasteiger partial charge in [-0.25, -0.2) is 8.42 Å². The molecule has 0 bridgehead atoms. The third-order valence-electron chi connectivity index (χ3n) is 3.61. The summed E-state index contributed by atoms with van der Waals surface area (Å²) >= 11 is 0. The fourth-order valence-electron chi connectivity index (χ4n) is 2.47. The second-order valence-electron chi connectivity index (χ2n) is 5.07. The minimum absolute atomic E-state index is 0.0723. The van der Waals surface area contributed by atoms with Crippen molar-refractivity contribution < 1.29 is 13.2 Å². The third kappa shape index (κ3) is 2.98. The number of amides is 1. The molecule has 0 aliphatic carbocycles. The molecular formula is C15H13ClN2O3S. The lowest BCUT2D eigenvalue weighted by molar-refractivity contribution is -0.117. The van der Waals surface area contributed by atoms with Crippen LogP contribution in [0.1, 0.15) is 6.42 Å². The molecule has 5 nitrogen and oxygen atoms in total. The van der Waals surface area contributed by atoms with E-state index in [-0.39, 0.29) is 18.9 Å². The van der Waals surface area contributed by atoms with Crippen molar-refractivity contribution in [3.8, 4) is 11.3 Å². The van der Waals surface area contributed by atoms with Crippen LogP contribution in [-0.2, 0) is 13.8 Å². The van der Waals surface area contributed by atoms with Crippen molar-refractivity contribution >= 4 is 31.3 Å². The first-order chi connectivity index (χ1) is 10.4. The molecule has 1 fully saturated rings. The van der Waals surface area contributed by atoms with Gasteiger partial charge in [0.1, 0.15) is 5.25 Å². The van der Waals surface area contributed by atoms with Crippen LogP contribution < -0.4 is 4.90 Å². The predicted octanol–water partition coefficient (Wildman–Crippen LogP) is 2.42. The Morgan fingerprint density at radius 2 is 1.91 bits per heavy atom. The Morgan fingerprint density at radius 3 is 2.55 bits per heavy atom. The zero-order valence-electron chi connectivity index (χ0n) is 11.5. The fraction of sp³-hybridized carbons (Fsp3) is 0.200. The molecule has 1 aromatic heterocycles. The Bertz CT molecular complexity index is 809. The number of aromatic nitrogens is 1. The van der Waals surface area contributed by atoms with Crippen molar-refractivity contribution in [3.05, 3.63) is 48.7 Å². The van der Waals surface area contributed by atoms with Gasteiger partial charge in [0.05, 0.1) is 5.69 Å². The molecule has 1 saturated heterocycles.